The van der Waals surface area contributed by atoms with Gasteiger partial charge in [0.05, 0.1) is 17.1 Å². The average Bonchev–Trinajstić information content (AvgIpc) is 2.52. The number of anilines is 3. The normalized spacial score (nSPS) is 10.7. The van der Waals surface area contributed by atoms with Gasteiger partial charge in [-0.15, -0.1) is 0 Å². The van der Waals surface area contributed by atoms with Crippen LogP contribution in [0.25, 0.3) is 0 Å². The van der Waals surface area contributed by atoms with Gasteiger partial charge in [-0.3, -0.25) is 4.68 Å². The molecule has 0 spiro atoms. The van der Waals surface area contributed by atoms with Crippen LogP contribution in [0.15, 0.2) is 12.1 Å². The predicted molar refractivity (Wildman–Crippen MR) is 66.7 cm³/mol. The van der Waals surface area contributed by atoms with E-state index in [1.807, 2.05) is 0 Å². The van der Waals surface area contributed by atoms with E-state index in [0.717, 1.165) is 12.1 Å². The summed E-state index contributed by atoms with van der Waals surface area (Å²) < 4.78 is 28.6. The average molecular weight is 252 g/mol. The number of aryl methyl sites for hydroxylation is 3. The van der Waals surface area contributed by atoms with Gasteiger partial charge in [0.25, 0.3) is 0 Å². The molecule has 1 heterocycles. The molecule has 0 fully saturated rings. The first-order valence-corrected chi connectivity index (χ1v) is 5.42. The van der Waals surface area contributed by atoms with Crippen molar-refractivity contribution in [2.75, 3.05) is 11.1 Å². The van der Waals surface area contributed by atoms with Crippen molar-refractivity contribution >= 4 is 17.2 Å². The number of hydrogen-bond donors (Lipinski definition) is 2. The van der Waals surface area contributed by atoms with E-state index in [0.29, 0.717) is 17.2 Å². The van der Waals surface area contributed by atoms with E-state index >= 15 is 0 Å². The molecular formula is C12H14F2N4. The van der Waals surface area contributed by atoms with Crippen LogP contribution < -0.4 is 11.1 Å². The number of benzene rings is 1. The summed E-state index contributed by atoms with van der Waals surface area (Å²) in [6, 6.07) is 2.24. The van der Waals surface area contributed by atoms with Gasteiger partial charge < -0.3 is 11.1 Å². The zero-order valence-corrected chi connectivity index (χ0v) is 10.4. The van der Waals surface area contributed by atoms with E-state index in [-0.39, 0.29) is 11.3 Å². The van der Waals surface area contributed by atoms with Crippen molar-refractivity contribution < 1.29 is 8.78 Å². The van der Waals surface area contributed by atoms with E-state index in [9.17, 15) is 8.78 Å². The highest BCUT2D eigenvalue weighted by molar-refractivity contribution is 5.71. The van der Waals surface area contributed by atoms with E-state index in [1.165, 1.54) is 11.6 Å². The quantitative estimate of drug-likeness (QED) is 0.863. The summed E-state index contributed by atoms with van der Waals surface area (Å²) in [6.07, 6.45) is 0. The standard InChI is InChI=1S/C12H14F2N4/c1-6-4-9(14)10(5-8(6)13)16-12-11(15)7(2)17-18(12)3/h4-5,16H,15H2,1-3H3. The highest BCUT2D eigenvalue weighted by Gasteiger charge is 2.13. The van der Waals surface area contributed by atoms with Gasteiger partial charge in [0, 0.05) is 13.1 Å². The zero-order chi connectivity index (χ0) is 13.4. The summed E-state index contributed by atoms with van der Waals surface area (Å²) in [5.74, 6) is -0.571. The second kappa shape index (κ2) is 4.29. The van der Waals surface area contributed by atoms with E-state index < -0.39 is 11.6 Å². The zero-order valence-electron chi connectivity index (χ0n) is 10.4. The highest BCUT2D eigenvalue weighted by Crippen LogP contribution is 2.27. The monoisotopic (exact) mass is 252 g/mol. The molecule has 6 heteroatoms. The van der Waals surface area contributed by atoms with Gasteiger partial charge in [-0.1, -0.05) is 0 Å². The molecule has 96 valence electrons. The van der Waals surface area contributed by atoms with Crippen LogP contribution in [0.2, 0.25) is 0 Å². The first-order chi connectivity index (χ1) is 8.40. The van der Waals surface area contributed by atoms with Crippen LogP contribution in [-0.2, 0) is 7.05 Å². The van der Waals surface area contributed by atoms with Crippen molar-refractivity contribution in [3.8, 4) is 0 Å². The summed E-state index contributed by atoms with van der Waals surface area (Å²) in [4.78, 5) is 0. The van der Waals surface area contributed by atoms with Crippen molar-refractivity contribution in [2.24, 2.45) is 7.05 Å². The fourth-order valence-electron chi connectivity index (χ4n) is 1.69. The Kier molecular flexibility index (Phi) is 2.94. The highest BCUT2D eigenvalue weighted by atomic mass is 19.1. The number of nitrogen functional groups attached to an aromatic ring is 1. The Morgan fingerprint density at radius 3 is 2.44 bits per heavy atom. The van der Waals surface area contributed by atoms with Crippen molar-refractivity contribution in [3.63, 3.8) is 0 Å². The van der Waals surface area contributed by atoms with Crippen molar-refractivity contribution in [3.05, 3.63) is 35.0 Å². The second-order valence-electron chi connectivity index (χ2n) is 4.18. The van der Waals surface area contributed by atoms with Gasteiger partial charge in [0.1, 0.15) is 11.6 Å². The minimum Gasteiger partial charge on any atom is -0.394 e. The van der Waals surface area contributed by atoms with Crippen molar-refractivity contribution in [1.82, 2.24) is 9.78 Å². The largest absolute Gasteiger partial charge is 0.394 e. The van der Waals surface area contributed by atoms with Crippen LogP contribution >= 0.6 is 0 Å². The molecule has 0 saturated carbocycles. The van der Waals surface area contributed by atoms with Crippen LogP contribution in [0, 0.1) is 25.5 Å². The Hall–Kier alpha value is -2.11. The molecule has 0 aliphatic carbocycles. The van der Waals surface area contributed by atoms with Gasteiger partial charge in [-0.25, -0.2) is 8.78 Å². The summed E-state index contributed by atoms with van der Waals surface area (Å²) >= 11 is 0. The minimum atomic E-state index is -0.535. The molecule has 1 aromatic heterocycles. The molecule has 0 unspecified atom stereocenters. The molecule has 4 nitrogen and oxygen atoms in total. The first kappa shape index (κ1) is 12.3. The molecule has 0 aliphatic heterocycles. The molecule has 0 atom stereocenters. The van der Waals surface area contributed by atoms with Crippen LogP contribution in [-0.4, -0.2) is 9.78 Å². The third kappa shape index (κ3) is 2.01. The fraction of sp³-hybridized carbons (Fsp3) is 0.250. The maximum atomic E-state index is 13.7. The molecule has 3 N–H and O–H groups in total. The van der Waals surface area contributed by atoms with Crippen molar-refractivity contribution in [1.29, 1.82) is 0 Å². The van der Waals surface area contributed by atoms with E-state index in [2.05, 4.69) is 10.4 Å². The number of halogens is 2. The number of nitrogens with one attached hydrogen (secondary N) is 1. The summed E-state index contributed by atoms with van der Waals surface area (Å²) in [5.41, 5.74) is 7.15. The molecule has 0 aliphatic rings. The smallest absolute Gasteiger partial charge is 0.152 e. The Balaban J connectivity index is 2.43. The van der Waals surface area contributed by atoms with E-state index in [1.54, 1.807) is 14.0 Å². The van der Waals surface area contributed by atoms with Gasteiger partial charge >= 0.3 is 0 Å². The third-order valence-corrected chi connectivity index (χ3v) is 2.77. The SMILES string of the molecule is Cc1cc(F)c(Nc2c(N)c(C)nn2C)cc1F. The second-order valence-corrected chi connectivity index (χ2v) is 4.18. The molecule has 1 aromatic carbocycles. The Labute approximate surface area is 103 Å². The summed E-state index contributed by atoms with van der Waals surface area (Å²) in [7, 11) is 1.67. The molecule has 0 saturated heterocycles. The number of nitrogens with two attached hydrogens (primary N) is 1. The lowest BCUT2D eigenvalue weighted by atomic mass is 10.2. The Morgan fingerprint density at radius 2 is 1.89 bits per heavy atom. The first-order valence-electron chi connectivity index (χ1n) is 5.42. The lowest BCUT2D eigenvalue weighted by molar-refractivity contribution is 0.595. The van der Waals surface area contributed by atoms with Crippen LogP contribution in [0.1, 0.15) is 11.3 Å². The number of hydrogen-bond acceptors (Lipinski definition) is 3. The van der Waals surface area contributed by atoms with Gasteiger partial charge in [0.2, 0.25) is 0 Å². The van der Waals surface area contributed by atoms with Crippen LogP contribution in [0.4, 0.5) is 26.0 Å². The number of nitrogens with zero attached hydrogens (tertiary/aromatic N) is 2. The van der Waals surface area contributed by atoms with Crippen molar-refractivity contribution in [2.45, 2.75) is 13.8 Å². The number of rotatable bonds is 2. The number of aromatic nitrogens is 2. The lowest BCUT2D eigenvalue weighted by Gasteiger charge is -2.10. The maximum Gasteiger partial charge on any atom is 0.152 e. The predicted octanol–water partition coefficient (Wildman–Crippen LogP) is 2.64. The summed E-state index contributed by atoms with van der Waals surface area (Å²) in [5, 5.41) is 6.85. The van der Waals surface area contributed by atoms with Gasteiger partial charge in [-0.05, 0) is 25.5 Å². The van der Waals surface area contributed by atoms with Crippen LogP contribution in [0.3, 0.4) is 0 Å². The third-order valence-electron chi connectivity index (χ3n) is 2.77. The van der Waals surface area contributed by atoms with Gasteiger partial charge in [-0.2, -0.15) is 5.10 Å². The minimum absolute atomic E-state index is 0.0350. The maximum absolute atomic E-state index is 13.7. The Morgan fingerprint density at radius 1 is 1.22 bits per heavy atom. The van der Waals surface area contributed by atoms with E-state index in [4.69, 9.17) is 5.73 Å². The molecule has 0 bridgehead atoms. The molecular weight excluding hydrogens is 238 g/mol. The molecule has 0 radical (unpaired) electrons. The molecule has 0 amide bonds. The summed E-state index contributed by atoms with van der Waals surface area (Å²) in [6.45, 7) is 3.25. The van der Waals surface area contributed by atoms with Gasteiger partial charge in [0.15, 0.2) is 5.82 Å². The fourth-order valence-corrected chi connectivity index (χ4v) is 1.69. The van der Waals surface area contributed by atoms with Crippen LogP contribution in [0.5, 0.6) is 0 Å². The topological polar surface area (TPSA) is 55.9 Å². The lowest BCUT2D eigenvalue weighted by Crippen LogP contribution is -2.03. The molecule has 2 rings (SSSR count). The Bertz CT molecular complexity index is 605. The molecule has 2 aromatic rings. The molecule has 18 heavy (non-hydrogen) atoms.